The van der Waals surface area contributed by atoms with Gasteiger partial charge >= 0.3 is 0 Å². The van der Waals surface area contributed by atoms with Crippen molar-refractivity contribution in [1.29, 1.82) is 0 Å². The number of ether oxygens (including phenoxy) is 2. The van der Waals surface area contributed by atoms with E-state index in [4.69, 9.17) is 9.47 Å². The highest BCUT2D eigenvalue weighted by molar-refractivity contribution is 5.96. The van der Waals surface area contributed by atoms with Gasteiger partial charge in [0.15, 0.2) is 11.5 Å². The van der Waals surface area contributed by atoms with E-state index in [0.717, 1.165) is 16.8 Å². The lowest BCUT2D eigenvalue weighted by Crippen LogP contribution is -2.67. The molecule has 3 aliphatic heterocycles. The smallest absolute Gasteiger partial charge is 0.245 e. The van der Waals surface area contributed by atoms with Gasteiger partial charge in [-0.1, -0.05) is 6.07 Å². The fourth-order valence-corrected chi connectivity index (χ4v) is 4.84. The lowest BCUT2D eigenvalue weighted by Gasteiger charge is -2.52. The first-order valence-corrected chi connectivity index (χ1v) is 9.03. The Morgan fingerprint density at radius 2 is 1.89 bits per heavy atom. The van der Waals surface area contributed by atoms with Crippen molar-refractivity contribution in [1.82, 2.24) is 14.4 Å². The predicted molar refractivity (Wildman–Crippen MR) is 96.4 cm³/mol. The zero-order valence-electron chi connectivity index (χ0n) is 15.6. The van der Waals surface area contributed by atoms with Crippen molar-refractivity contribution < 1.29 is 19.1 Å². The monoisotopic (exact) mass is 367 g/mol. The minimum atomic E-state index is -0.772. The van der Waals surface area contributed by atoms with E-state index in [1.54, 1.807) is 11.9 Å². The molecule has 2 amide bonds. The largest absolute Gasteiger partial charge is 0.454 e. The van der Waals surface area contributed by atoms with Crippen LogP contribution in [0.2, 0.25) is 0 Å². The van der Waals surface area contributed by atoms with Gasteiger partial charge in [0.2, 0.25) is 18.6 Å². The minimum absolute atomic E-state index is 0.0175. The van der Waals surface area contributed by atoms with Gasteiger partial charge in [0, 0.05) is 26.7 Å². The first kappa shape index (κ1) is 16.2. The number of likely N-dealkylation sites (N-methyl/N-ethyl adjacent to an activating group) is 1. The average Bonchev–Trinajstić information content (AvgIpc) is 3.25. The summed E-state index contributed by atoms with van der Waals surface area (Å²) in [7, 11) is 3.67. The summed E-state index contributed by atoms with van der Waals surface area (Å²) < 4.78 is 13.1. The summed E-state index contributed by atoms with van der Waals surface area (Å²) in [5.74, 6) is 1.30. The summed E-state index contributed by atoms with van der Waals surface area (Å²) in [6.45, 7) is 2.31. The molecule has 0 aliphatic carbocycles. The normalized spacial score (nSPS) is 26.3. The molecule has 7 nitrogen and oxygen atoms in total. The van der Waals surface area contributed by atoms with Crippen LogP contribution in [0.1, 0.15) is 23.7 Å². The number of nitrogens with zero attached hydrogens (tertiary/aromatic N) is 3. The Balaban J connectivity index is 1.75. The molecule has 0 radical (unpaired) electrons. The van der Waals surface area contributed by atoms with E-state index >= 15 is 0 Å². The van der Waals surface area contributed by atoms with Crippen molar-refractivity contribution in [2.24, 2.45) is 7.05 Å². The number of hydrogen-bond donors (Lipinski definition) is 0. The van der Waals surface area contributed by atoms with Crippen LogP contribution in [0.25, 0.3) is 0 Å². The standard InChI is InChI=1S/C20H21N3O4/c1-20(13-4-5-15-16(9-13)27-11-26-15)18-12(6-7-21(18)2)8-14-19(25)22(3)10-17(24)23(14)20/h4-7,9,14H,8,10-11H2,1-3H3/t14?,20-/m1/s1. The molecular weight excluding hydrogens is 346 g/mol. The number of aromatic nitrogens is 1. The highest BCUT2D eigenvalue weighted by Gasteiger charge is 2.53. The van der Waals surface area contributed by atoms with Crippen LogP contribution in [0.3, 0.4) is 0 Å². The molecular formula is C20H21N3O4. The Labute approximate surface area is 157 Å². The molecule has 2 atom stereocenters. The highest BCUT2D eigenvalue weighted by atomic mass is 16.7. The molecule has 7 heteroatoms. The maximum atomic E-state index is 13.1. The second-order valence-corrected chi connectivity index (χ2v) is 7.62. The number of carbonyl (C=O) groups is 2. The van der Waals surface area contributed by atoms with Gasteiger partial charge in [0.25, 0.3) is 0 Å². The predicted octanol–water partition coefficient (Wildman–Crippen LogP) is 1.24. The Hall–Kier alpha value is -2.96. The van der Waals surface area contributed by atoms with E-state index in [2.05, 4.69) is 0 Å². The zero-order valence-corrected chi connectivity index (χ0v) is 15.6. The molecule has 2 aromatic rings. The van der Waals surface area contributed by atoms with Gasteiger partial charge in [0.1, 0.15) is 11.6 Å². The summed E-state index contributed by atoms with van der Waals surface area (Å²) in [5.41, 5.74) is 2.26. The van der Waals surface area contributed by atoms with Gasteiger partial charge in [0.05, 0.1) is 12.2 Å². The fraction of sp³-hybridized carbons (Fsp3) is 0.400. The van der Waals surface area contributed by atoms with E-state index in [9.17, 15) is 9.59 Å². The summed E-state index contributed by atoms with van der Waals surface area (Å²) >= 11 is 0. The number of hydrogen-bond acceptors (Lipinski definition) is 4. The Morgan fingerprint density at radius 3 is 2.70 bits per heavy atom. The molecule has 27 heavy (non-hydrogen) atoms. The quantitative estimate of drug-likeness (QED) is 0.761. The third kappa shape index (κ3) is 2.02. The van der Waals surface area contributed by atoms with Crippen LogP contribution >= 0.6 is 0 Å². The van der Waals surface area contributed by atoms with E-state index < -0.39 is 11.6 Å². The Bertz CT molecular complexity index is 982. The third-order valence-electron chi connectivity index (χ3n) is 6.06. The van der Waals surface area contributed by atoms with Crippen LogP contribution in [-0.2, 0) is 28.6 Å². The molecule has 5 rings (SSSR count). The van der Waals surface area contributed by atoms with Gasteiger partial charge in [-0.25, -0.2) is 0 Å². The lowest BCUT2D eigenvalue weighted by atomic mass is 9.77. The van der Waals surface area contributed by atoms with E-state index in [1.807, 2.05) is 49.0 Å². The number of rotatable bonds is 1. The molecule has 0 N–H and O–H groups in total. The number of aryl methyl sites for hydroxylation is 1. The van der Waals surface area contributed by atoms with Crippen molar-refractivity contribution in [3.05, 3.63) is 47.3 Å². The molecule has 0 spiro atoms. The summed E-state index contributed by atoms with van der Waals surface area (Å²) in [4.78, 5) is 29.3. The molecule has 1 unspecified atom stereocenters. The van der Waals surface area contributed by atoms with Crippen LogP contribution in [-0.4, -0.2) is 52.6 Å². The highest BCUT2D eigenvalue weighted by Crippen LogP contribution is 2.47. The number of carbonyl (C=O) groups excluding carboxylic acids is 2. The van der Waals surface area contributed by atoms with E-state index in [1.165, 1.54) is 4.90 Å². The molecule has 4 heterocycles. The Kier molecular flexibility index (Phi) is 3.17. The van der Waals surface area contributed by atoms with Crippen LogP contribution in [0.5, 0.6) is 11.5 Å². The third-order valence-corrected chi connectivity index (χ3v) is 6.06. The molecule has 3 aliphatic rings. The van der Waals surface area contributed by atoms with Gasteiger partial charge < -0.3 is 23.8 Å². The van der Waals surface area contributed by atoms with Crippen LogP contribution in [0.15, 0.2) is 30.5 Å². The van der Waals surface area contributed by atoms with E-state index in [-0.39, 0.29) is 25.2 Å². The fourth-order valence-electron chi connectivity index (χ4n) is 4.84. The number of fused-ring (bicyclic) bond motifs is 3. The number of benzene rings is 1. The number of amides is 2. The maximum absolute atomic E-state index is 13.1. The molecule has 0 bridgehead atoms. The lowest BCUT2D eigenvalue weighted by molar-refractivity contribution is -0.161. The van der Waals surface area contributed by atoms with Crippen molar-refractivity contribution in [2.75, 3.05) is 20.4 Å². The summed E-state index contributed by atoms with van der Waals surface area (Å²) in [5, 5.41) is 0. The minimum Gasteiger partial charge on any atom is -0.454 e. The maximum Gasteiger partial charge on any atom is 0.245 e. The number of piperazine rings is 1. The van der Waals surface area contributed by atoms with Crippen LogP contribution < -0.4 is 9.47 Å². The molecule has 1 saturated heterocycles. The van der Waals surface area contributed by atoms with Gasteiger partial charge in [-0.3, -0.25) is 9.59 Å². The zero-order chi connectivity index (χ0) is 18.9. The van der Waals surface area contributed by atoms with Crippen molar-refractivity contribution >= 4 is 11.8 Å². The molecule has 1 fully saturated rings. The molecule has 140 valence electrons. The van der Waals surface area contributed by atoms with Crippen molar-refractivity contribution in [2.45, 2.75) is 24.9 Å². The molecule has 1 aromatic heterocycles. The summed E-state index contributed by atoms with van der Waals surface area (Å²) in [6.07, 6.45) is 2.53. The molecule has 0 saturated carbocycles. The van der Waals surface area contributed by atoms with Gasteiger partial charge in [-0.05, 0) is 36.2 Å². The second kappa shape index (κ2) is 5.28. The van der Waals surface area contributed by atoms with Crippen LogP contribution in [0.4, 0.5) is 0 Å². The first-order chi connectivity index (χ1) is 12.9. The van der Waals surface area contributed by atoms with Crippen molar-refractivity contribution in [3.8, 4) is 11.5 Å². The van der Waals surface area contributed by atoms with Crippen molar-refractivity contribution in [3.63, 3.8) is 0 Å². The average molecular weight is 367 g/mol. The SMILES string of the molecule is CN1CC(=O)N2C(Cc3ccn(C)c3[C@@]2(C)c2ccc3c(c2)OCO3)C1=O. The molecule has 1 aromatic carbocycles. The Morgan fingerprint density at radius 1 is 1.11 bits per heavy atom. The van der Waals surface area contributed by atoms with E-state index in [0.29, 0.717) is 17.9 Å². The second-order valence-electron chi connectivity index (χ2n) is 7.62. The topological polar surface area (TPSA) is 64.0 Å². The van der Waals surface area contributed by atoms with Gasteiger partial charge in [-0.15, -0.1) is 0 Å². The van der Waals surface area contributed by atoms with Crippen LogP contribution in [0, 0.1) is 0 Å². The summed E-state index contributed by atoms with van der Waals surface area (Å²) in [6, 6.07) is 7.31. The van der Waals surface area contributed by atoms with Gasteiger partial charge in [-0.2, -0.15) is 0 Å². The first-order valence-electron chi connectivity index (χ1n) is 9.03.